The van der Waals surface area contributed by atoms with Crippen molar-refractivity contribution in [2.45, 2.75) is 20.5 Å². The number of thiocarbonyl (C=S) groups is 1. The molecule has 8 nitrogen and oxygen atoms in total. The van der Waals surface area contributed by atoms with E-state index in [2.05, 4.69) is 0 Å². The van der Waals surface area contributed by atoms with Crippen LogP contribution in [0.15, 0.2) is 59.5 Å². The number of hydrogen-bond acceptors (Lipinski definition) is 7. The number of rotatable bonds is 7. The molecule has 34 heavy (non-hydrogen) atoms. The molecular weight excluding hydrogens is 474 g/mol. The van der Waals surface area contributed by atoms with Crippen molar-refractivity contribution in [1.29, 1.82) is 0 Å². The van der Waals surface area contributed by atoms with Crippen molar-refractivity contribution < 1.29 is 19.2 Å². The third-order valence-corrected chi connectivity index (χ3v) is 6.52. The smallest absolute Gasteiger partial charge is 0.285 e. The van der Waals surface area contributed by atoms with Gasteiger partial charge in [0.15, 0.2) is 15.8 Å². The average Bonchev–Trinajstić information content (AvgIpc) is 3.29. The SMILES string of the molecule is COc1cc(/C=C2/SC(=S)N(n3c(C)ccc3C)C2=O)ccc1OCc1ccc([N+](=O)[O-])cc1. The van der Waals surface area contributed by atoms with Gasteiger partial charge in [0.1, 0.15) is 6.61 Å². The number of aromatic nitrogens is 1. The molecule has 0 radical (unpaired) electrons. The number of thioether (sulfide) groups is 1. The molecule has 10 heteroatoms. The predicted molar refractivity (Wildman–Crippen MR) is 136 cm³/mol. The van der Waals surface area contributed by atoms with E-state index in [1.807, 2.05) is 36.7 Å². The largest absolute Gasteiger partial charge is 0.493 e. The normalized spacial score (nSPS) is 14.7. The van der Waals surface area contributed by atoms with E-state index in [0.717, 1.165) is 22.5 Å². The molecule has 0 N–H and O–H groups in total. The summed E-state index contributed by atoms with van der Waals surface area (Å²) in [7, 11) is 1.54. The number of hydrogen-bond donors (Lipinski definition) is 0. The van der Waals surface area contributed by atoms with E-state index < -0.39 is 4.92 Å². The highest BCUT2D eigenvalue weighted by molar-refractivity contribution is 8.27. The van der Waals surface area contributed by atoms with Gasteiger partial charge in [0.25, 0.3) is 11.6 Å². The monoisotopic (exact) mass is 495 g/mol. The van der Waals surface area contributed by atoms with E-state index in [1.165, 1.54) is 36.0 Å². The van der Waals surface area contributed by atoms with E-state index in [0.29, 0.717) is 20.7 Å². The summed E-state index contributed by atoms with van der Waals surface area (Å²) in [6.45, 7) is 4.08. The van der Waals surface area contributed by atoms with Crippen molar-refractivity contribution in [3.63, 3.8) is 0 Å². The zero-order chi connectivity index (χ0) is 24.4. The number of benzene rings is 2. The van der Waals surface area contributed by atoms with Gasteiger partial charge in [-0.1, -0.05) is 17.8 Å². The van der Waals surface area contributed by atoms with Crippen LogP contribution in [0, 0.1) is 24.0 Å². The molecule has 1 saturated heterocycles. The summed E-state index contributed by atoms with van der Waals surface area (Å²) in [5, 5.41) is 12.3. The quantitative estimate of drug-likeness (QED) is 0.194. The van der Waals surface area contributed by atoms with Crippen LogP contribution in [0.1, 0.15) is 22.5 Å². The maximum absolute atomic E-state index is 13.1. The topological polar surface area (TPSA) is 86.8 Å². The maximum Gasteiger partial charge on any atom is 0.285 e. The van der Waals surface area contributed by atoms with E-state index in [1.54, 1.807) is 30.3 Å². The number of nitro benzene ring substituents is 1. The first-order chi connectivity index (χ1) is 16.3. The van der Waals surface area contributed by atoms with Gasteiger partial charge in [0.05, 0.1) is 16.9 Å². The lowest BCUT2D eigenvalue weighted by Crippen LogP contribution is -2.39. The Morgan fingerprint density at radius 2 is 1.74 bits per heavy atom. The van der Waals surface area contributed by atoms with Crippen LogP contribution < -0.4 is 14.5 Å². The molecule has 3 aromatic rings. The van der Waals surface area contributed by atoms with E-state index in [4.69, 9.17) is 21.7 Å². The summed E-state index contributed by atoms with van der Waals surface area (Å²) in [6.07, 6.45) is 1.77. The number of carbonyl (C=O) groups is 1. The Balaban J connectivity index is 1.51. The van der Waals surface area contributed by atoms with Gasteiger partial charge in [0, 0.05) is 23.5 Å². The van der Waals surface area contributed by atoms with Gasteiger partial charge in [-0.25, -0.2) is 0 Å². The fourth-order valence-electron chi connectivity index (χ4n) is 3.53. The lowest BCUT2D eigenvalue weighted by Gasteiger charge is -2.20. The molecule has 1 amide bonds. The third-order valence-electron chi connectivity index (χ3n) is 5.23. The molecule has 2 heterocycles. The highest BCUT2D eigenvalue weighted by Crippen LogP contribution is 2.35. The minimum atomic E-state index is -0.443. The van der Waals surface area contributed by atoms with Gasteiger partial charge in [-0.2, -0.15) is 5.01 Å². The Hall–Kier alpha value is -3.63. The number of nitrogens with zero attached hydrogens (tertiary/aromatic N) is 3. The molecule has 0 bridgehead atoms. The Labute approximate surface area is 205 Å². The van der Waals surface area contributed by atoms with Crippen LogP contribution in [0.4, 0.5) is 5.69 Å². The molecule has 1 fully saturated rings. The number of non-ortho nitro benzene ring substituents is 1. The van der Waals surface area contributed by atoms with Gasteiger partial charge in [-0.15, -0.1) is 0 Å². The van der Waals surface area contributed by atoms with Crippen molar-refractivity contribution in [2.75, 3.05) is 12.1 Å². The molecule has 0 spiro atoms. The molecule has 0 unspecified atom stereocenters. The van der Waals surface area contributed by atoms with Gasteiger partial charge >= 0.3 is 0 Å². The van der Waals surface area contributed by atoms with E-state index >= 15 is 0 Å². The Kier molecular flexibility index (Phi) is 6.71. The first-order valence-electron chi connectivity index (χ1n) is 10.3. The van der Waals surface area contributed by atoms with Crippen LogP contribution in [0.3, 0.4) is 0 Å². The number of amides is 1. The van der Waals surface area contributed by atoms with Gasteiger partial charge in [0.2, 0.25) is 0 Å². The number of ether oxygens (including phenoxy) is 2. The van der Waals surface area contributed by atoms with Crippen LogP contribution in [0.2, 0.25) is 0 Å². The van der Waals surface area contributed by atoms with Gasteiger partial charge in [-0.05, 0) is 79.7 Å². The zero-order valence-corrected chi connectivity index (χ0v) is 20.3. The van der Waals surface area contributed by atoms with Crippen LogP contribution in [-0.4, -0.2) is 26.9 Å². The minimum Gasteiger partial charge on any atom is -0.493 e. The summed E-state index contributed by atoms with van der Waals surface area (Å²) in [4.78, 5) is 24.0. The van der Waals surface area contributed by atoms with Gasteiger partial charge in [-0.3, -0.25) is 19.6 Å². The molecule has 1 aromatic heterocycles. The lowest BCUT2D eigenvalue weighted by atomic mass is 10.1. The number of carbonyl (C=O) groups excluding carboxylic acids is 1. The molecular formula is C24H21N3O5S2. The standard InChI is InChI=1S/C24H21N3O5S2/c1-15-4-5-16(2)25(15)26-23(28)22(34-24(26)33)13-18-8-11-20(21(12-18)31-3)32-14-17-6-9-19(10-7-17)27(29)30/h4-13H,14H2,1-3H3/b22-13+. The average molecular weight is 496 g/mol. The van der Waals surface area contributed by atoms with Crippen molar-refractivity contribution in [1.82, 2.24) is 4.68 Å². The number of nitro groups is 1. The van der Waals surface area contributed by atoms with Crippen molar-refractivity contribution in [2.24, 2.45) is 0 Å². The highest BCUT2D eigenvalue weighted by atomic mass is 32.2. The highest BCUT2D eigenvalue weighted by Gasteiger charge is 2.34. The molecule has 1 aliphatic heterocycles. The van der Waals surface area contributed by atoms with Crippen molar-refractivity contribution >= 4 is 46.0 Å². The molecule has 2 aromatic carbocycles. The third kappa shape index (κ3) is 4.68. The van der Waals surface area contributed by atoms with Crippen LogP contribution in [0.5, 0.6) is 11.5 Å². The fourth-order valence-corrected chi connectivity index (χ4v) is 4.77. The molecule has 0 saturated carbocycles. The summed E-state index contributed by atoms with van der Waals surface area (Å²) in [5.74, 6) is 0.835. The maximum atomic E-state index is 13.1. The predicted octanol–water partition coefficient (Wildman–Crippen LogP) is 5.14. The first-order valence-corrected chi connectivity index (χ1v) is 11.5. The van der Waals surface area contributed by atoms with Gasteiger partial charge < -0.3 is 9.47 Å². The summed E-state index contributed by atoms with van der Waals surface area (Å²) in [5.41, 5.74) is 3.42. The second-order valence-electron chi connectivity index (χ2n) is 7.54. The minimum absolute atomic E-state index is 0.0261. The first kappa shape index (κ1) is 23.5. The van der Waals surface area contributed by atoms with Crippen LogP contribution >= 0.6 is 24.0 Å². The van der Waals surface area contributed by atoms with Crippen molar-refractivity contribution in [3.05, 3.63) is 92.1 Å². The molecule has 0 aliphatic carbocycles. The van der Waals surface area contributed by atoms with Crippen LogP contribution in [-0.2, 0) is 11.4 Å². The Morgan fingerprint density at radius 3 is 2.35 bits per heavy atom. The summed E-state index contributed by atoms with van der Waals surface area (Å²) >= 11 is 6.72. The zero-order valence-electron chi connectivity index (χ0n) is 18.7. The fraction of sp³-hybridized carbons (Fsp3) is 0.167. The number of aryl methyl sites for hydroxylation is 2. The second-order valence-corrected chi connectivity index (χ2v) is 9.22. The van der Waals surface area contributed by atoms with Crippen molar-refractivity contribution in [3.8, 4) is 11.5 Å². The molecule has 174 valence electrons. The lowest BCUT2D eigenvalue weighted by molar-refractivity contribution is -0.384. The van der Waals surface area contributed by atoms with E-state index in [-0.39, 0.29) is 18.2 Å². The number of methoxy groups -OCH3 is 1. The Morgan fingerprint density at radius 1 is 1.06 bits per heavy atom. The van der Waals surface area contributed by atoms with Crippen LogP contribution in [0.25, 0.3) is 6.08 Å². The molecule has 0 atom stereocenters. The van der Waals surface area contributed by atoms with E-state index in [9.17, 15) is 14.9 Å². The molecule has 1 aliphatic rings. The summed E-state index contributed by atoms with van der Waals surface area (Å²) < 4.78 is 13.6. The second kappa shape index (κ2) is 9.70. The molecule has 4 rings (SSSR count). The summed E-state index contributed by atoms with van der Waals surface area (Å²) in [6, 6.07) is 15.4. The Bertz CT molecular complexity index is 1300.